The van der Waals surface area contributed by atoms with Crippen molar-refractivity contribution in [3.63, 3.8) is 0 Å². The highest BCUT2D eigenvalue weighted by atomic mass is 32.2. The van der Waals surface area contributed by atoms with E-state index < -0.39 is 11.9 Å². The van der Waals surface area contributed by atoms with Crippen molar-refractivity contribution in [1.29, 1.82) is 0 Å². The molecule has 0 aromatic heterocycles. The van der Waals surface area contributed by atoms with Crippen LogP contribution in [0.25, 0.3) is 0 Å². The molecule has 0 spiro atoms. The van der Waals surface area contributed by atoms with Crippen LogP contribution in [0.15, 0.2) is 191 Å². The standard InChI is InChI=1S/C42H28O6S2.2C2H4/c43-39-32-20-12-24-36(50-34-22-10-8-18-30(34)42(46)48-26-28-15-5-2-6-16-28)38(32)40(44)31-19-11-23-35(37(31)39)49-33-21-9-7-17-29(33)41(45)47-25-27-13-3-1-4-14-27;2*1-2/h1-24H,25-26H2;2*1-2H2. The number of carbonyl (C=O) groups excluding carboxylic acids is 4. The van der Waals surface area contributed by atoms with Crippen molar-refractivity contribution < 1.29 is 28.7 Å². The number of rotatable bonds is 10. The Morgan fingerprint density at radius 2 is 0.759 bits per heavy atom. The molecule has 6 nitrogen and oxygen atoms in total. The van der Waals surface area contributed by atoms with Gasteiger partial charge < -0.3 is 9.47 Å². The number of ketones is 2. The smallest absolute Gasteiger partial charge is 0.339 e. The molecule has 6 aromatic rings. The second-order valence-electron chi connectivity index (χ2n) is 11.3. The van der Waals surface area contributed by atoms with Gasteiger partial charge >= 0.3 is 11.9 Å². The normalized spacial score (nSPS) is 11.0. The fraction of sp³-hybridized carbons (Fsp3) is 0.0435. The van der Waals surface area contributed by atoms with E-state index in [0.29, 0.717) is 30.7 Å². The largest absolute Gasteiger partial charge is 0.457 e. The van der Waals surface area contributed by atoms with E-state index in [4.69, 9.17) is 9.47 Å². The Labute approximate surface area is 323 Å². The average Bonchev–Trinajstić information content (AvgIpc) is 3.23. The van der Waals surface area contributed by atoms with Gasteiger partial charge in [0.25, 0.3) is 0 Å². The lowest BCUT2D eigenvalue weighted by molar-refractivity contribution is 0.0460. The first-order valence-corrected chi connectivity index (χ1v) is 18.4. The van der Waals surface area contributed by atoms with E-state index >= 15 is 0 Å². The van der Waals surface area contributed by atoms with Gasteiger partial charge in [-0.15, -0.1) is 26.3 Å². The predicted molar refractivity (Wildman–Crippen MR) is 215 cm³/mol. The number of esters is 2. The molecule has 0 unspecified atom stereocenters. The maximum Gasteiger partial charge on any atom is 0.339 e. The molecule has 0 amide bonds. The topological polar surface area (TPSA) is 86.7 Å². The van der Waals surface area contributed by atoms with Gasteiger partial charge in [-0.1, -0.05) is 133 Å². The Balaban J connectivity index is 0.00000136. The lowest BCUT2D eigenvalue weighted by atomic mass is 9.84. The first-order valence-electron chi connectivity index (χ1n) is 16.8. The second-order valence-corrected chi connectivity index (χ2v) is 13.5. The summed E-state index contributed by atoms with van der Waals surface area (Å²) in [5.41, 5.74) is 3.59. The zero-order chi connectivity index (χ0) is 38.5. The van der Waals surface area contributed by atoms with Crippen molar-refractivity contribution in [3.05, 3.63) is 216 Å². The van der Waals surface area contributed by atoms with Crippen LogP contribution < -0.4 is 0 Å². The third kappa shape index (κ3) is 8.86. The highest BCUT2D eigenvalue weighted by Gasteiger charge is 2.34. The van der Waals surface area contributed by atoms with Gasteiger partial charge in [0.1, 0.15) is 13.2 Å². The molecule has 0 saturated heterocycles. The van der Waals surface area contributed by atoms with E-state index in [-0.39, 0.29) is 47.0 Å². The van der Waals surface area contributed by atoms with E-state index in [9.17, 15) is 19.2 Å². The van der Waals surface area contributed by atoms with Crippen molar-refractivity contribution in [3.8, 4) is 0 Å². The summed E-state index contributed by atoms with van der Waals surface area (Å²) in [5, 5.41) is 0. The molecule has 0 radical (unpaired) electrons. The summed E-state index contributed by atoms with van der Waals surface area (Å²) in [6, 6.07) is 43.3. The van der Waals surface area contributed by atoms with Gasteiger partial charge in [0.15, 0.2) is 11.6 Å². The van der Waals surface area contributed by atoms with Crippen LogP contribution in [0.3, 0.4) is 0 Å². The minimum absolute atomic E-state index is 0.128. The first-order chi connectivity index (χ1) is 26.5. The van der Waals surface area contributed by atoms with Crippen LogP contribution in [0.1, 0.15) is 63.7 Å². The minimum Gasteiger partial charge on any atom is -0.457 e. The number of benzene rings is 6. The van der Waals surface area contributed by atoms with Crippen LogP contribution in [0.2, 0.25) is 0 Å². The van der Waals surface area contributed by atoms with Crippen LogP contribution in [0.5, 0.6) is 0 Å². The molecule has 6 aromatic carbocycles. The number of carbonyl (C=O) groups is 4. The summed E-state index contributed by atoms with van der Waals surface area (Å²) in [4.78, 5) is 57.0. The minimum atomic E-state index is -0.486. The Hall–Kier alpha value is -6.22. The highest BCUT2D eigenvalue weighted by molar-refractivity contribution is 7.99. The summed E-state index contributed by atoms with van der Waals surface area (Å²) in [7, 11) is 0. The third-order valence-electron chi connectivity index (χ3n) is 8.08. The molecule has 0 saturated carbocycles. The summed E-state index contributed by atoms with van der Waals surface area (Å²) in [6.07, 6.45) is 0. The molecular weight excluding hydrogens is 713 g/mol. The third-order valence-corrected chi connectivity index (χ3v) is 10.3. The maximum atomic E-state index is 14.2. The summed E-state index contributed by atoms with van der Waals surface area (Å²) in [5.74, 6) is -1.56. The van der Waals surface area contributed by atoms with Gasteiger partial charge in [-0.2, -0.15) is 0 Å². The van der Waals surface area contributed by atoms with Gasteiger partial charge in [-0.05, 0) is 47.5 Å². The Bertz CT molecular complexity index is 2120. The lowest BCUT2D eigenvalue weighted by Gasteiger charge is -2.22. The van der Waals surface area contributed by atoms with E-state index in [1.807, 2.05) is 72.8 Å². The number of ether oxygens (including phenoxy) is 2. The van der Waals surface area contributed by atoms with Gasteiger partial charge in [0.05, 0.1) is 11.1 Å². The van der Waals surface area contributed by atoms with Crippen molar-refractivity contribution in [2.45, 2.75) is 32.8 Å². The van der Waals surface area contributed by atoms with Crippen LogP contribution in [0, 0.1) is 0 Å². The van der Waals surface area contributed by atoms with Crippen molar-refractivity contribution in [1.82, 2.24) is 0 Å². The van der Waals surface area contributed by atoms with E-state index in [1.165, 1.54) is 23.5 Å². The van der Waals surface area contributed by atoms with Gasteiger partial charge in [-0.3, -0.25) is 9.59 Å². The van der Waals surface area contributed by atoms with Crippen molar-refractivity contribution in [2.24, 2.45) is 0 Å². The fourth-order valence-corrected chi connectivity index (χ4v) is 7.83. The van der Waals surface area contributed by atoms with Crippen molar-refractivity contribution in [2.75, 3.05) is 0 Å². The number of hydrogen-bond donors (Lipinski definition) is 0. The van der Waals surface area contributed by atoms with E-state index in [1.54, 1.807) is 72.8 Å². The quantitative estimate of drug-likeness (QED) is 0.101. The number of hydrogen-bond acceptors (Lipinski definition) is 8. The van der Waals surface area contributed by atoms with Crippen LogP contribution >= 0.6 is 23.5 Å². The van der Waals surface area contributed by atoms with Crippen LogP contribution in [-0.2, 0) is 22.7 Å². The number of fused-ring (bicyclic) bond motifs is 2. The monoisotopic (exact) mass is 748 g/mol. The molecule has 0 atom stereocenters. The SMILES string of the molecule is C=C.C=C.O=C(OCc1ccccc1)c1ccccc1Sc1cccc2c1C(=O)c1cccc(Sc3ccccc3C(=O)OCc3ccccc3)c1C2=O. The van der Waals surface area contributed by atoms with Crippen LogP contribution in [-0.4, -0.2) is 23.5 Å². The second kappa shape index (κ2) is 19.0. The Morgan fingerprint density at radius 1 is 0.426 bits per heavy atom. The summed E-state index contributed by atoms with van der Waals surface area (Å²) in [6.45, 7) is 12.3. The summed E-state index contributed by atoms with van der Waals surface area (Å²) < 4.78 is 11.2. The fourth-order valence-electron chi connectivity index (χ4n) is 5.64. The Morgan fingerprint density at radius 3 is 1.15 bits per heavy atom. The Kier molecular flexibility index (Phi) is 13.7. The molecule has 7 rings (SSSR count). The van der Waals surface area contributed by atoms with Gasteiger partial charge in [0.2, 0.25) is 0 Å². The molecule has 0 fully saturated rings. The van der Waals surface area contributed by atoms with E-state index in [0.717, 1.165) is 11.1 Å². The molecular formula is C46H36O6S2. The zero-order valence-corrected chi connectivity index (χ0v) is 31.0. The molecule has 1 aliphatic carbocycles. The van der Waals surface area contributed by atoms with Crippen LogP contribution in [0.4, 0.5) is 0 Å². The maximum absolute atomic E-state index is 14.2. The van der Waals surface area contributed by atoms with Gasteiger partial charge in [0, 0.05) is 41.8 Å². The molecule has 8 heteroatoms. The lowest BCUT2D eigenvalue weighted by Crippen LogP contribution is -2.22. The molecule has 0 bridgehead atoms. The van der Waals surface area contributed by atoms with E-state index in [2.05, 4.69) is 26.3 Å². The van der Waals surface area contributed by atoms with Gasteiger partial charge in [-0.25, -0.2) is 9.59 Å². The molecule has 0 aliphatic heterocycles. The predicted octanol–water partition coefficient (Wildman–Crippen LogP) is 11.1. The zero-order valence-electron chi connectivity index (χ0n) is 29.4. The molecule has 0 N–H and O–H groups in total. The summed E-state index contributed by atoms with van der Waals surface area (Å²) >= 11 is 2.49. The van der Waals surface area contributed by atoms with Crippen molar-refractivity contribution >= 4 is 47.0 Å². The average molecular weight is 749 g/mol. The molecule has 1 aliphatic rings. The first kappa shape index (κ1) is 39.0. The molecule has 54 heavy (non-hydrogen) atoms. The molecule has 0 heterocycles. The highest BCUT2D eigenvalue weighted by Crippen LogP contribution is 2.42. The molecule has 268 valence electrons.